The molecule has 0 heterocycles. The van der Waals surface area contributed by atoms with Crippen molar-refractivity contribution in [2.45, 2.75) is 57.3 Å². The lowest BCUT2D eigenvalue weighted by molar-refractivity contribution is 0.0727. The van der Waals surface area contributed by atoms with Crippen LogP contribution in [-0.2, 0) is 9.84 Å². The van der Waals surface area contributed by atoms with Crippen molar-refractivity contribution in [1.29, 1.82) is 0 Å². The average molecular weight is 248 g/mol. The first-order valence-electron chi connectivity index (χ1n) is 6.23. The Morgan fingerprint density at radius 1 is 1.25 bits per heavy atom. The van der Waals surface area contributed by atoms with Crippen LogP contribution in [0.3, 0.4) is 0 Å². The molecule has 0 aromatic rings. The Hall–Kier alpha value is -0.0900. The van der Waals surface area contributed by atoms with Gasteiger partial charge in [0.1, 0.15) is 0 Å². The van der Waals surface area contributed by atoms with Gasteiger partial charge in [-0.25, -0.2) is 8.42 Å². The first-order chi connectivity index (χ1) is 7.36. The minimum Gasteiger partial charge on any atom is -0.392 e. The van der Waals surface area contributed by atoms with E-state index in [0.717, 1.165) is 31.6 Å². The summed E-state index contributed by atoms with van der Waals surface area (Å²) in [6.07, 6.45) is 5.93. The molecule has 1 aliphatic carbocycles. The lowest BCUT2D eigenvalue weighted by atomic mass is 9.78. The average Bonchev–Trinajstić information content (AvgIpc) is 2.26. The SMILES string of the molecule is CCC1CCC(C(O)C(C)S(C)(=O)=O)CC1. The van der Waals surface area contributed by atoms with Crippen molar-refractivity contribution >= 4 is 9.84 Å². The van der Waals surface area contributed by atoms with Gasteiger partial charge in [-0.2, -0.15) is 0 Å². The number of sulfone groups is 1. The van der Waals surface area contributed by atoms with Crippen molar-refractivity contribution < 1.29 is 13.5 Å². The maximum absolute atomic E-state index is 11.4. The van der Waals surface area contributed by atoms with Crippen LogP contribution in [0.15, 0.2) is 0 Å². The standard InChI is InChI=1S/C12H24O3S/c1-4-10-5-7-11(8-6-10)12(13)9(2)16(3,14)15/h9-13H,4-8H2,1-3H3. The van der Waals surface area contributed by atoms with Crippen LogP contribution in [0.5, 0.6) is 0 Å². The first kappa shape index (κ1) is 14.0. The number of hydrogen-bond donors (Lipinski definition) is 1. The van der Waals surface area contributed by atoms with Crippen LogP contribution in [0.4, 0.5) is 0 Å². The molecule has 4 heteroatoms. The van der Waals surface area contributed by atoms with E-state index in [1.165, 1.54) is 12.7 Å². The molecule has 0 aromatic heterocycles. The number of rotatable bonds is 4. The topological polar surface area (TPSA) is 54.4 Å². The number of hydrogen-bond acceptors (Lipinski definition) is 3. The van der Waals surface area contributed by atoms with Gasteiger partial charge in [-0.15, -0.1) is 0 Å². The zero-order valence-corrected chi connectivity index (χ0v) is 11.3. The fourth-order valence-corrected chi connectivity index (χ4v) is 3.30. The van der Waals surface area contributed by atoms with E-state index in [1.807, 2.05) is 0 Å². The predicted octanol–water partition coefficient (Wildman–Crippen LogP) is 2.00. The summed E-state index contributed by atoms with van der Waals surface area (Å²) < 4.78 is 22.8. The summed E-state index contributed by atoms with van der Waals surface area (Å²) in [5.41, 5.74) is 0. The molecule has 0 saturated heterocycles. The Morgan fingerprint density at radius 3 is 2.12 bits per heavy atom. The molecule has 0 aromatic carbocycles. The Morgan fingerprint density at radius 2 is 1.75 bits per heavy atom. The highest BCUT2D eigenvalue weighted by molar-refractivity contribution is 7.91. The maximum atomic E-state index is 11.4. The Balaban J connectivity index is 2.54. The summed E-state index contributed by atoms with van der Waals surface area (Å²) >= 11 is 0. The van der Waals surface area contributed by atoms with E-state index < -0.39 is 21.2 Å². The van der Waals surface area contributed by atoms with E-state index in [1.54, 1.807) is 6.92 Å². The minimum absolute atomic E-state index is 0.174. The van der Waals surface area contributed by atoms with Crippen molar-refractivity contribution in [2.75, 3.05) is 6.26 Å². The molecule has 0 bridgehead atoms. The van der Waals surface area contributed by atoms with Crippen molar-refractivity contribution in [1.82, 2.24) is 0 Å². The van der Waals surface area contributed by atoms with Crippen LogP contribution in [0.1, 0.15) is 46.0 Å². The summed E-state index contributed by atoms with van der Waals surface area (Å²) in [5.74, 6) is 0.949. The number of aliphatic hydroxyl groups excluding tert-OH is 1. The molecule has 0 aliphatic heterocycles. The predicted molar refractivity (Wildman–Crippen MR) is 66.1 cm³/mol. The van der Waals surface area contributed by atoms with E-state index in [4.69, 9.17) is 0 Å². The molecule has 1 aliphatic rings. The van der Waals surface area contributed by atoms with Gasteiger partial charge in [0.25, 0.3) is 0 Å². The van der Waals surface area contributed by atoms with Crippen LogP contribution in [0, 0.1) is 11.8 Å². The zero-order chi connectivity index (χ0) is 12.3. The molecule has 0 radical (unpaired) electrons. The smallest absolute Gasteiger partial charge is 0.152 e. The lowest BCUT2D eigenvalue weighted by Crippen LogP contribution is -2.38. The summed E-state index contributed by atoms with van der Waals surface area (Å²) in [6, 6.07) is 0. The largest absolute Gasteiger partial charge is 0.392 e. The van der Waals surface area contributed by atoms with Crippen molar-refractivity contribution in [3.05, 3.63) is 0 Å². The normalized spacial score (nSPS) is 31.0. The molecule has 96 valence electrons. The van der Waals surface area contributed by atoms with E-state index in [2.05, 4.69) is 6.92 Å². The highest BCUT2D eigenvalue weighted by atomic mass is 32.2. The molecule has 0 amide bonds. The van der Waals surface area contributed by atoms with Crippen LogP contribution in [-0.4, -0.2) is 31.1 Å². The molecular weight excluding hydrogens is 224 g/mol. The Bertz CT molecular complexity index is 302. The monoisotopic (exact) mass is 248 g/mol. The van der Waals surface area contributed by atoms with Gasteiger partial charge >= 0.3 is 0 Å². The van der Waals surface area contributed by atoms with Gasteiger partial charge in [0.2, 0.25) is 0 Å². The molecule has 1 rings (SSSR count). The Labute approximate surface area is 99.2 Å². The fraction of sp³-hybridized carbons (Fsp3) is 1.00. The van der Waals surface area contributed by atoms with Gasteiger partial charge < -0.3 is 5.11 Å². The lowest BCUT2D eigenvalue weighted by Gasteiger charge is -2.33. The summed E-state index contributed by atoms with van der Waals surface area (Å²) in [4.78, 5) is 0. The second-order valence-corrected chi connectivity index (χ2v) is 7.62. The zero-order valence-electron chi connectivity index (χ0n) is 10.5. The molecule has 3 nitrogen and oxygen atoms in total. The molecule has 1 N–H and O–H groups in total. The first-order valence-corrected chi connectivity index (χ1v) is 8.18. The highest BCUT2D eigenvalue weighted by Gasteiger charge is 2.33. The van der Waals surface area contributed by atoms with E-state index in [0.29, 0.717) is 0 Å². The molecular formula is C12H24O3S. The molecule has 16 heavy (non-hydrogen) atoms. The third-order valence-electron chi connectivity index (χ3n) is 4.11. The van der Waals surface area contributed by atoms with Gasteiger partial charge in [-0.1, -0.05) is 26.2 Å². The minimum atomic E-state index is -3.12. The second-order valence-electron chi connectivity index (χ2n) is 5.21. The van der Waals surface area contributed by atoms with Crippen LogP contribution in [0.2, 0.25) is 0 Å². The molecule has 0 spiro atoms. The molecule has 1 fully saturated rings. The van der Waals surface area contributed by atoms with Gasteiger partial charge in [-0.05, 0) is 31.6 Å². The van der Waals surface area contributed by atoms with Crippen LogP contribution >= 0.6 is 0 Å². The summed E-state index contributed by atoms with van der Waals surface area (Å²) in [7, 11) is -3.12. The maximum Gasteiger partial charge on any atom is 0.152 e. The molecule has 2 atom stereocenters. The van der Waals surface area contributed by atoms with Gasteiger partial charge in [-0.3, -0.25) is 0 Å². The fourth-order valence-electron chi connectivity index (χ4n) is 2.57. The van der Waals surface area contributed by atoms with Crippen molar-refractivity contribution in [3.8, 4) is 0 Å². The van der Waals surface area contributed by atoms with Gasteiger partial charge in [0.05, 0.1) is 11.4 Å². The van der Waals surface area contributed by atoms with Crippen LogP contribution < -0.4 is 0 Å². The van der Waals surface area contributed by atoms with Crippen molar-refractivity contribution in [3.63, 3.8) is 0 Å². The van der Waals surface area contributed by atoms with Crippen molar-refractivity contribution in [2.24, 2.45) is 11.8 Å². The quantitative estimate of drug-likeness (QED) is 0.828. The third kappa shape index (κ3) is 3.45. The van der Waals surface area contributed by atoms with Gasteiger partial charge in [0.15, 0.2) is 9.84 Å². The van der Waals surface area contributed by atoms with E-state index >= 15 is 0 Å². The number of aliphatic hydroxyl groups is 1. The molecule has 2 unspecified atom stereocenters. The highest BCUT2D eigenvalue weighted by Crippen LogP contribution is 2.34. The van der Waals surface area contributed by atoms with E-state index in [9.17, 15) is 13.5 Å². The van der Waals surface area contributed by atoms with E-state index in [-0.39, 0.29) is 5.92 Å². The van der Waals surface area contributed by atoms with Crippen LogP contribution in [0.25, 0.3) is 0 Å². The summed E-state index contributed by atoms with van der Waals surface area (Å²) in [5, 5.41) is 9.43. The Kier molecular flexibility index (Phi) is 4.80. The molecule has 1 saturated carbocycles. The third-order valence-corrected chi connectivity index (χ3v) is 5.74. The second kappa shape index (κ2) is 5.50. The summed E-state index contributed by atoms with van der Waals surface area (Å²) in [6.45, 7) is 3.81. The van der Waals surface area contributed by atoms with Gasteiger partial charge in [0, 0.05) is 6.26 Å².